The summed E-state index contributed by atoms with van der Waals surface area (Å²) in [6, 6.07) is 0. The highest BCUT2D eigenvalue weighted by molar-refractivity contribution is 6.01. The van der Waals surface area contributed by atoms with E-state index in [9.17, 15) is 9.59 Å². The highest BCUT2D eigenvalue weighted by atomic mass is 16.5. The molecule has 4 nitrogen and oxygen atoms in total. The molecule has 0 spiro atoms. The van der Waals surface area contributed by atoms with Gasteiger partial charge in [-0.2, -0.15) is 0 Å². The Hall–Kier alpha value is -0.900. The van der Waals surface area contributed by atoms with E-state index >= 15 is 0 Å². The van der Waals surface area contributed by atoms with Gasteiger partial charge in [-0.3, -0.25) is 9.59 Å². The molecule has 1 aliphatic rings. The van der Waals surface area contributed by atoms with Crippen LogP contribution >= 0.6 is 0 Å². The van der Waals surface area contributed by atoms with Crippen LogP contribution in [0.25, 0.3) is 0 Å². The van der Waals surface area contributed by atoms with Gasteiger partial charge in [0, 0.05) is 11.8 Å². The summed E-state index contributed by atoms with van der Waals surface area (Å²) in [7, 11) is 0. The maximum Gasteiger partial charge on any atom is 0.317 e. The zero-order valence-electron chi connectivity index (χ0n) is 7.82. The van der Waals surface area contributed by atoms with Crippen LogP contribution < -0.4 is 0 Å². The molecule has 1 heterocycles. The summed E-state index contributed by atoms with van der Waals surface area (Å²) in [6.07, 6.45) is 0. The molecule has 74 valence electrons. The molecular weight excluding hydrogens is 172 g/mol. The maximum atomic E-state index is 11.5. The van der Waals surface area contributed by atoms with E-state index in [1.54, 1.807) is 13.8 Å². The van der Waals surface area contributed by atoms with Crippen molar-refractivity contribution in [3.05, 3.63) is 0 Å². The SMILES string of the molecule is CC(C)C(=O)C1C(=O)OCC1CO. The Kier molecular flexibility index (Phi) is 3.03. The first-order valence-electron chi connectivity index (χ1n) is 4.39. The zero-order chi connectivity index (χ0) is 10.0. The topological polar surface area (TPSA) is 63.6 Å². The maximum absolute atomic E-state index is 11.5. The Morgan fingerprint density at radius 1 is 1.69 bits per heavy atom. The Labute approximate surface area is 76.9 Å². The van der Waals surface area contributed by atoms with E-state index < -0.39 is 11.9 Å². The van der Waals surface area contributed by atoms with Crippen LogP contribution in [0.1, 0.15) is 13.8 Å². The summed E-state index contributed by atoms with van der Waals surface area (Å²) in [5.74, 6) is -1.91. The van der Waals surface area contributed by atoms with Crippen LogP contribution in [-0.2, 0) is 14.3 Å². The number of Topliss-reactive ketones (excluding diaryl/α,β-unsaturated/α-hetero) is 1. The number of ether oxygens (including phenoxy) is 1. The molecule has 0 aromatic carbocycles. The molecule has 4 heteroatoms. The van der Waals surface area contributed by atoms with Crippen molar-refractivity contribution in [3.63, 3.8) is 0 Å². The van der Waals surface area contributed by atoms with Crippen molar-refractivity contribution >= 4 is 11.8 Å². The van der Waals surface area contributed by atoms with E-state index in [2.05, 4.69) is 0 Å². The number of rotatable bonds is 3. The number of carbonyl (C=O) groups is 2. The number of carbonyl (C=O) groups excluding carboxylic acids is 2. The lowest BCUT2D eigenvalue weighted by Crippen LogP contribution is -2.30. The first-order valence-corrected chi connectivity index (χ1v) is 4.39. The highest BCUT2D eigenvalue weighted by Crippen LogP contribution is 2.25. The molecule has 1 fully saturated rings. The summed E-state index contributed by atoms with van der Waals surface area (Å²) < 4.78 is 4.72. The second-order valence-electron chi connectivity index (χ2n) is 3.61. The van der Waals surface area contributed by atoms with E-state index in [0.717, 1.165) is 0 Å². The minimum Gasteiger partial charge on any atom is -0.465 e. The molecule has 1 rings (SSSR count). The molecule has 0 aliphatic carbocycles. The number of esters is 1. The van der Waals surface area contributed by atoms with Crippen molar-refractivity contribution in [1.82, 2.24) is 0 Å². The van der Waals surface area contributed by atoms with Crippen LogP contribution in [0, 0.1) is 17.8 Å². The average Bonchev–Trinajstić information content (AvgIpc) is 2.45. The van der Waals surface area contributed by atoms with E-state index in [4.69, 9.17) is 9.84 Å². The van der Waals surface area contributed by atoms with Crippen molar-refractivity contribution < 1.29 is 19.4 Å². The van der Waals surface area contributed by atoms with Crippen LogP contribution in [0.4, 0.5) is 0 Å². The normalized spacial score (nSPS) is 27.8. The van der Waals surface area contributed by atoms with Gasteiger partial charge in [-0.1, -0.05) is 13.8 Å². The molecule has 0 bridgehead atoms. The average molecular weight is 186 g/mol. The van der Waals surface area contributed by atoms with Gasteiger partial charge in [-0.15, -0.1) is 0 Å². The summed E-state index contributed by atoms with van der Waals surface area (Å²) in [6.45, 7) is 3.47. The smallest absolute Gasteiger partial charge is 0.317 e. The fourth-order valence-electron chi connectivity index (χ4n) is 1.43. The predicted molar refractivity (Wildman–Crippen MR) is 44.9 cm³/mol. The molecule has 0 radical (unpaired) electrons. The van der Waals surface area contributed by atoms with Gasteiger partial charge in [0.2, 0.25) is 0 Å². The molecule has 1 aliphatic heterocycles. The van der Waals surface area contributed by atoms with Gasteiger partial charge >= 0.3 is 5.97 Å². The molecule has 0 amide bonds. The minimum absolute atomic E-state index is 0.137. The van der Waals surface area contributed by atoms with Gasteiger partial charge in [-0.05, 0) is 0 Å². The summed E-state index contributed by atoms with van der Waals surface area (Å²) in [4.78, 5) is 22.6. The lowest BCUT2D eigenvalue weighted by molar-refractivity contribution is -0.145. The van der Waals surface area contributed by atoms with Crippen molar-refractivity contribution in [2.45, 2.75) is 13.8 Å². The molecule has 2 atom stereocenters. The second-order valence-corrected chi connectivity index (χ2v) is 3.61. The van der Waals surface area contributed by atoms with Crippen molar-refractivity contribution in [1.29, 1.82) is 0 Å². The summed E-state index contributed by atoms with van der Waals surface area (Å²) in [5.41, 5.74) is 0. The van der Waals surface area contributed by atoms with Crippen LogP contribution in [0.2, 0.25) is 0 Å². The Balaban J connectivity index is 2.75. The molecule has 1 saturated heterocycles. The van der Waals surface area contributed by atoms with Gasteiger partial charge in [0.05, 0.1) is 13.2 Å². The van der Waals surface area contributed by atoms with E-state index in [-0.39, 0.29) is 30.8 Å². The van der Waals surface area contributed by atoms with E-state index in [1.807, 2.05) is 0 Å². The van der Waals surface area contributed by atoms with Crippen molar-refractivity contribution in [2.75, 3.05) is 13.2 Å². The van der Waals surface area contributed by atoms with Crippen LogP contribution in [0.15, 0.2) is 0 Å². The van der Waals surface area contributed by atoms with Gasteiger partial charge < -0.3 is 9.84 Å². The Morgan fingerprint density at radius 3 is 2.77 bits per heavy atom. The fourth-order valence-corrected chi connectivity index (χ4v) is 1.43. The Morgan fingerprint density at radius 2 is 2.31 bits per heavy atom. The highest BCUT2D eigenvalue weighted by Gasteiger charge is 2.42. The quantitative estimate of drug-likeness (QED) is 0.497. The molecule has 0 saturated carbocycles. The lowest BCUT2D eigenvalue weighted by atomic mass is 9.87. The summed E-state index contributed by atoms with van der Waals surface area (Å²) in [5, 5.41) is 8.90. The predicted octanol–water partition coefficient (Wildman–Crippen LogP) is -0.00700. The zero-order valence-corrected chi connectivity index (χ0v) is 7.82. The van der Waals surface area contributed by atoms with Crippen LogP contribution in [0.3, 0.4) is 0 Å². The number of ketones is 1. The van der Waals surface area contributed by atoms with Gasteiger partial charge in [-0.25, -0.2) is 0 Å². The second kappa shape index (κ2) is 3.87. The standard InChI is InChI=1S/C9H14O4/c1-5(2)8(11)7-6(3-10)4-13-9(7)12/h5-7,10H,3-4H2,1-2H3. The third-order valence-corrected chi connectivity index (χ3v) is 2.28. The number of cyclic esters (lactones) is 1. The van der Waals surface area contributed by atoms with Gasteiger partial charge in [0.25, 0.3) is 0 Å². The first-order chi connectivity index (χ1) is 6.07. The van der Waals surface area contributed by atoms with Crippen LogP contribution in [-0.4, -0.2) is 30.1 Å². The molecule has 0 aromatic heterocycles. The molecule has 13 heavy (non-hydrogen) atoms. The summed E-state index contributed by atoms with van der Waals surface area (Å²) >= 11 is 0. The third kappa shape index (κ3) is 1.88. The van der Waals surface area contributed by atoms with E-state index in [0.29, 0.717) is 0 Å². The third-order valence-electron chi connectivity index (χ3n) is 2.28. The lowest BCUT2D eigenvalue weighted by Gasteiger charge is -2.13. The molecule has 2 unspecified atom stereocenters. The number of aliphatic hydroxyl groups excluding tert-OH is 1. The molecule has 1 N–H and O–H groups in total. The van der Waals surface area contributed by atoms with Crippen LogP contribution in [0.5, 0.6) is 0 Å². The molecule has 0 aromatic rings. The van der Waals surface area contributed by atoms with Crippen molar-refractivity contribution in [3.8, 4) is 0 Å². The Bertz CT molecular complexity index is 222. The number of hydrogen-bond donors (Lipinski definition) is 1. The monoisotopic (exact) mass is 186 g/mol. The largest absolute Gasteiger partial charge is 0.465 e. The molecular formula is C9H14O4. The van der Waals surface area contributed by atoms with Gasteiger partial charge in [0.1, 0.15) is 11.7 Å². The minimum atomic E-state index is -0.745. The van der Waals surface area contributed by atoms with Gasteiger partial charge in [0.15, 0.2) is 0 Å². The fraction of sp³-hybridized carbons (Fsp3) is 0.778. The van der Waals surface area contributed by atoms with Crippen molar-refractivity contribution in [2.24, 2.45) is 17.8 Å². The number of aliphatic hydroxyl groups is 1. The van der Waals surface area contributed by atoms with E-state index in [1.165, 1.54) is 0 Å². The first kappa shape index (κ1) is 10.2. The number of hydrogen-bond acceptors (Lipinski definition) is 4.